The van der Waals surface area contributed by atoms with Gasteiger partial charge >= 0.3 is 11.9 Å². The standard InChI is InChI=1S/C51H94N2O11/c1-3-5-7-9-11-18-25-36-63-49(54)27-21-15-13-17-23-34-60-45-48(62-35-24-20-14-16-22-28-50(55)64-37-26-19-12-10-8-6-4-2)46-61-44-43-59-42-41-58-40-39-57-38-33-53-51(56)47-29-31-52-32-30-47/h18-19,25-26,47-48,52H,3-17,20-24,27-46H2,1-2H3,(H,53,56)/b25-18-,26-19-. The molecule has 0 radical (unpaired) electrons. The molecule has 0 bridgehead atoms. The van der Waals surface area contributed by atoms with Gasteiger partial charge in [0.25, 0.3) is 0 Å². The normalized spacial score (nSPS) is 13.8. The van der Waals surface area contributed by atoms with Gasteiger partial charge in [-0.15, -0.1) is 0 Å². The molecule has 1 rings (SSSR count). The molecule has 64 heavy (non-hydrogen) atoms. The number of piperidine rings is 1. The van der Waals surface area contributed by atoms with Crippen molar-refractivity contribution in [3.8, 4) is 0 Å². The van der Waals surface area contributed by atoms with E-state index < -0.39 is 0 Å². The fourth-order valence-corrected chi connectivity index (χ4v) is 7.04. The zero-order chi connectivity index (χ0) is 46.1. The fourth-order valence-electron chi connectivity index (χ4n) is 7.04. The van der Waals surface area contributed by atoms with Crippen LogP contribution in [0.5, 0.6) is 0 Å². The Hall–Kier alpha value is -2.39. The number of rotatable bonds is 48. The molecule has 13 nitrogen and oxygen atoms in total. The number of carbonyl (C=O) groups excluding carboxylic acids is 3. The third-order valence-corrected chi connectivity index (χ3v) is 11.0. The molecule has 0 saturated carbocycles. The number of carbonyl (C=O) groups is 3. The quantitative estimate of drug-likeness (QED) is 0.0340. The van der Waals surface area contributed by atoms with Crippen molar-refractivity contribution < 1.29 is 52.3 Å². The molecule has 1 saturated heterocycles. The van der Waals surface area contributed by atoms with Crippen molar-refractivity contribution in [3.05, 3.63) is 24.3 Å². The van der Waals surface area contributed by atoms with Gasteiger partial charge in [-0.2, -0.15) is 0 Å². The van der Waals surface area contributed by atoms with Gasteiger partial charge in [0.05, 0.1) is 59.5 Å². The van der Waals surface area contributed by atoms with Crippen molar-refractivity contribution in [2.75, 3.05) is 106 Å². The molecule has 1 atom stereocenters. The molecule has 1 amide bonds. The Morgan fingerprint density at radius 2 is 0.969 bits per heavy atom. The minimum absolute atomic E-state index is 0.112. The van der Waals surface area contributed by atoms with Gasteiger partial charge < -0.3 is 48.5 Å². The lowest BCUT2D eigenvalue weighted by atomic mass is 9.97. The first kappa shape index (κ1) is 59.6. The minimum Gasteiger partial charge on any atom is -0.461 e. The molecule has 0 aromatic rings. The molecule has 0 spiro atoms. The summed E-state index contributed by atoms with van der Waals surface area (Å²) in [6.45, 7) is 13.0. The summed E-state index contributed by atoms with van der Waals surface area (Å²) in [6, 6.07) is 0. The SMILES string of the molecule is CCCCCC/C=C\COC(=O)CCCCCCCOCC(COCCOCCOCCOCCNC(=O)C1CCNCC1)OCCCCCCCC(=O)OC/C=C\CCCCCC. The predicted molar refractivity (Wildman–Crippen MR) is 256 cm³/mol. The zero-order valence-electron chi connectivity index (χ0n) is 40.7. The fraction of sp³-hybridized carbons (Fsp3) is 0.863. The molecule has 1 aliphatic heterocycles. The van der Waals surface area contributed by atoms with Gasteiger partial charge in [-0.05, 0) is 77.3 Å². The first-order valence-corrected chi connectivity index (χ1v) is 25.7. The van der Waals surface area contributed by atoms with Gasteiger partial charge in [-0.25, -0.2) is 0 Å². The van der Waals surface area contributed by atoms with Crippen LogP contribution in [0.1, 0.15) is 168 Å². The second kappa shape index (κ2) is 48.5. The van der Waals surface area contributed by atoms with Crippen LogP contribution >= 0.6 is 0 Å². The lowest BCUT2D eigenvalue weighted by Crippen LogP contribution is -2.39. The van der Waals surface area contributed by atoms with Crippen molar-refractivity contribution in [2.45, 2.75) is 174 Å². The first-order chi connectivity index (χ1) is 31.6. The van der Waals surface area contributed by atoms with Crippen molar-refractivity contribution in [2.24, 2.45) is 5.92 Å². The van der Waals surface area contributed by atoms with Crippen LogP contribution in [0.2, 0.25) is 0 Å². The van der Waals surface area contributed by atoms with Crippen LogP contribution in [0, 0.1) is 5.92 Å². The summed E-state index contributed by atoms with van der Waals surface area (Å²) in [5.41, 5.74) is 0. The van der Waals surface area contributed by atoms with Crippen molar-refractivity contribution >= 4 is 17.8 Å². The smallest absolute Gasteiger partial charge is 0.306 e. The van der Waals surface area contributed by atoms with Gasteiger partial charge in [0.1, 0.15) is 19.3 Å². The van der Waals surface area contributed by atoms with E-state index in [0.717, 1.165) is 103 Å². The van der Waals surface area contributed by atoms with Crippen molar-refractivity contribution in [1.29, 1.82) is 0 Å². The highest BCUT2D eigenvalue weighted by Crippen LogP contribution is 2.12. The van der Waals surface area contributed by atoms with Crippen LogP contribution in [0.25, 0.3) is 0 Å². The van der Waals surface area contributed by atoms with Crippen LogP contribution in [0.3, 0.4) is 0 Å². The number of esters is 2. The summed E-state index contributed by atoms with van der Waals surface area (Å²) < 4.78 is 45.6. The maximum atomic E-state index is 12.2. The monoisotopic (exact) mass is 911 g/mol. The average Bonchev–Trinajstić information content (AvgIpc) is 3.30. The maximum Gasteiger partial charge on any atom is 0.306 e. The summed E-state index contributed by atoms with van der Waals surface area (Å²) in [6.07, 6.45) is 32.6. The molecular formula is C51H94N2O11. The molecule has 2 N–H and O–H groups in total. The zero-order valence-corrected chi connectivity index (χ0v) is 40.7. The van der Waals surface area contributed by atoms with E-state index >= 15 is 0 Å². The molecule has 1 unspecified atom stereocenters. The largest absolute Gasteiger partial charge is 0.461 e. The Morgan fingerprint density at radius 3 is 1.52 bits per heavy atom. The van der Waals surface area contributed by atoms with Gasteiger partial charge in [-0.3, -0.25) is 14.4 Å². The van der Waals surface area contributed by atoms with E-state index in [2.05, 4.69) is 36.6 Å². The topological polar surface area (TPSA) is 149 Å². The summed E-state index contributed by atoms with van der Waals surface area (Å²) in [5.74, 6) is 0.00565. The number of allylic oxidation sites excluding steroid dienone is 2. The number of hydrogen-bond acceptors (Lipinski definition) is 12. The summed E-state index contributed by atoms with van der Waals surface area (Å²) in [7, 11) is 0. The van der Waals surface area contributed by atoms with Crippen LogP contribution in [-0.2, 0) is 52.3 Å². The van der Waals surface area contributed by atoms with E-state index in [1.807, 2.05) is 12.2 Å². The number of ether oxygens (including phenoxy) is 8. The number of unbranched alkanes of at least 4 members (excludes halogenated alkanes) is 16. The lowest BCUT2D eigenvalue weighted by Gasteiger charge is -2.21. The molecule has 0 aliphatic carbocycles. The Balaban J connectivity index is 2.16. The number of amides is 1. The van der Waals surface area contributed by atoms with E-state index in [1.165, 1.54) is 51.4 Å². The molecule has 13 heteroatoms. The first-order valence-electron chi connectivity index (χ1n) is 25.7. The average molecular weight is 911 g/mol. The molecule has 1 aliphatic rings. The lowest BCUT2D eigenvalue weighted by molar-refractivity contribution is -0.143. The second-order valence-corrected chi connectivity index (χ2v) is 16.8. The summed E-state index contributed by atoms with van der Waals surface area (Å²) >= 11 is 0. The Bertz CT molecular complexity index is 1100. The third-order valence-electron chi connectivity index (χ3n) is 11.0. The van der Waals surface area contributed by atoms with Crippen LogP contribution in [0.4, 0.5) is 0 Å². The third kappa shape index (κ3) is 42.3. The van der Waals surface area contributed by atoms with Gasteiger partial charge in [0.2, 0.25) is 5.91 Å². The molecule has 1 fully saturated rings. The molecule has 0 aromatic heterocycles. The predicted octanol–water partition coefficient (Wildman–Crippen LogP) is 9.39. The Labute approximate surface area is 389 Å². The Morgan fingerprint density at radius 1 is 0.516 bits per heavy atom. The maximum absolute atomic E-state index is 12.2. The van der Waals surface area contributed by atoms with Gasteiger partial charge in [0.15, 0.2) is 0 Å². The van der Waals surface area contributed by atoms with E-state index in [-0.39, 0.29) is 29.9 Å². The van der Waals surface area contributed by atoms with Crippen molar-refractivity contribution in [1.82, 2.24) is 10.6 Å². The van der Waals surface area contributed by atoms with Crippen LogP contribution < -0.4 is 10.6 Å². The molecule has 1 heterocycles. The van der Waals surface area contributed by atoms with Crippen molar-refractivity contribution in [3.63, 3.8) is 0 Å². The Kier molecular flexibility index (Phi) is 45.2. The van der Waals surface area contributed by atoms with E-state index in [4.69, 9.17) is 37.9 Å². The van der Waals surface area contributed by atoms with Gasteiger partial charge in [-0.1, -0.05) is 115 Å². The molecule has 374 valence electrons. The highest BCUT2D eigenvalue weighted by molar-refractivity contribution is 5.78. The highest BCUT2D eigenvalue weighted by Gasteiger charge is 2.20. The molecular weight excluding hydrogens is 817 g/mol. The summed E-state index contributed by atoms with van der Waals surface area (Å²) in [5, 5.41) is 6.24. The number of hydrogen-bond donors (Lipinski definition) is 2. The van der Waals surface area contributed by atoms with E-state index in [1.54, 1.807) is 0 Å². The van der Waals surface area contributed by atoms with Crippen LogP contribution in [-0.4, -0.2) is 129 Å². The second-order valence-electron chi connectivity index (χ2n) is 16.8. The minimum atomic E-state index is -0.164. The van der Waals surface area contributed by atoms with E-state index in [0.29, 0.717) is 105 Å². The van der Waals surface area contributed by atoms with E-state index in [9.17, 15) is 14.4 Å². The van der Waals surface area contributed by atoms with Gasteiger partial charge in [0, 0.05) is 38.5 Å². The number of nitrogens with one attached hydrogen (secondary N) is 2. The summed E-state index contributed by atoms with van der Waals surface area (Å²) in [4.78, 5) is 36.2. The molecule has 0 aromatic carbocycles. The van der Waals surface area contributed by atoms with Crippen LogP contribution in [0.15, 0.2) is 24.3 Å². The highest BCUT2D eigenvalue weighted by atomic mass is 16.6.